The van der Waals surface area contributed by atoms with E-state index in [1.807, 2.05) is 0 Å². The lowest BCUT2D eigenvalue weighted by Crippen LogP contribution is -2.31. The summed E-state index contributed by atoms with van der Waals surface area (Å²) in [6, 6.07) is 8.32. The highest BCUT2D eigenvalue weighted by Crippen LogP contribution is 2.19. The third-order valence-corrected chi connectivity index (χ3v) is 4.39. The lowest BCUT2D eigenvalue weighted by Gasteiger charge is -2.28. The normalized spacial score (nSPS) is 13.9. The van der Waals surface area contributed by atoms with Crippen LogP contribution in [0.25, 0.3) is 0 Å². The summed E-state index contributed by atoms with van der Waals surface area (Å²) in [5.74, 6) is 0.682. The lowest BCUT2D eigenvalue weighted by molar-refractivity contribution is 0.0526. The van der Waals surface area contributed by atoms with Crippen LogP contribution in [0.2, 0.25) is 0 Å². The average molecular weight is 368 g/mol. The molecule has 0 radical (unpaired) electrons. The molecule has 7 nitrogen and oxygen atoms in total. The van der Waals surface area contributed by atoms with Crippen molar-refractivity contribution in [2.24, 2.45) is 0 Å². The molecule has 1 aromatic heterocycles. The van der Waals surface area contributed by atoms with Gasteiger partial charge in [0.1, 0.15) is 17.3 Å². The predicted octanol–water partition coefficient (Wildman–Crippen LogP) is 3.20. The van der Waals surface area contributed by atoms with E-state index in [0.717, 1.165) is 31.7 Å². The van der Waals surface area contributed by atoms with Gasteiger partial charge >= 0.3 is 5.97 Å². The summed E-state index contributed by atoms with van der Waals surface area (Å²) in [6.07, 6.45) is 3.50. The number of rotatable bonds is 5. The topological polar surface area (TPSA) is 84.4 Å². The van der Waals surface area contributed by atoms with Crippen LogP contribution in [0.15, 0.2) is 30.3 Å². The molecule has 1 aliphatic rings. The minimum absolute atomic E-state index is 0.303. The van der Waals surface area contributed by atoms with Crippen molar-refractivity contribution in [2.75, 3.05) is 29.9 Å². The van der Waals surface area contributed by atoms with Gasteiger partial charge in [0.2, 0.25) is 0 Å². The molecule has 142 valence electrons. The Morgan fingerprint density at radius 1 is 1.11 bits per heavy atom. The Kier molecular flexibility index (Phi) is 6.01. The number of aryl methyl sites for hydroxylation is 1. The zero-order valence-electron chi connectivity index (χ0n) is 15.7. The number of nitrogens with one attached hydrogen (secondary N) is 1. The minimum Gasteiger partial charge on any atom is -0.462 e. The van der Waals surface area contributed by atoms with Crippen LogP contribution >= 0.6 is 0 Å². The van der Waals surface area contributed by atoms with Crippen molar-refractivity contribution in [3.05, 3.63) is 47.4 Å². The molecular formula is C20H24N4O3. The Morgan fingerprint density at radius 2 is 1.81 bits per heavy atom. The van der Waals surface area contributed by atoms with Gasteiger partial charge in [0.15, 0.2) is 0 Å². The zero-order valence-corrected chi connectivity index (χ0v) is 15.7. The molecular weight excluding hydrogens is 344 g/mol. The fourth-order valence-electron chi connectivity index (χ4n) is 3.05. The molecule has 0 aliphatic carbocycles. The monoisotopic (exact) mass is 368 g/mol. The van der Waals surface area contributed by atoms with Crippen LogP contribution in [0.5, 0.6) is 0 Å². The first-order valence-electron chi connectivity index (χ1n) is 9.26. The lowest BCUT2D eigenvalue weighted by atomic mass is 10.1. The minimum atomic E-state index is -0.382. The summed E-state index contributed by atoms with van der Waals surface area (Å²) in [7, 11) is 0. The van der Waals surface area contributed by atoms with Crippen molar-refractivity contribution in [3.8, 4) is 0 Å². The molecule has 1 fully saturated rings. The molecule has 27 heavy (non-hydrogen) atoms. The number of anilines is 2. The van der Waals surface area contributed by atoms with Crippen molar-refractivity contribution in [1.82, 2.24) is 9.97 Å². The van der Waals surface area contributed by atoms with Crippen LogP contribution in [0.1, 0.15) is 52.9 Å². The number of ether oxygens (including phenoxy) is 1. The first kappa shape index (κ1) is 18.8. The van der Waals surface area contributed by atoms with Crippen molar-refractivity contribution < 1.29 is 14.3 Å². The Balaban J connectivity index is 1.72. The van der Waals surface area contributed by atoms with E-state index < -0.39 is 0 Å². The van der Waals surface area contributed by atoms with Gasteiger partial charge in [-0.05, 0) is 57.4 Å². The first-order valence-corrected chi connectivity index (χ1v) is 9.26. The Labute approximate surface area is 158 Å². The summed E-state index contributed by atoms with van der Waals surface area (Å²) in [5, 5.41) is 2.81. The first-order chi connectivity index (χ1) is 13.1. The number of hydrogen-bond donors (Lipinski definition) is 1. The van der Waals surface area contributed by atoms with Crippen molar-refractivity contribution in [1.29, 1.82) is 0 Å². The van der Waals surface area contributed by atoms with Crippen molar-refractivity contribution in [2.45, 2.75) is 33.1 Å². The van der Waals surface area contributed by atoms with E-state index in [9.17, 15) is 9.59 Å². The van der Waals surface area contributed by atoms with Gasteiger partial charge in [-0.3, -0.25) is 4.79 Å². The number of carbonyl (C=O) groups excluding carboxylic acids is 2. The SMILES string of the molecule is CCOC(=O)c1ccc(NC(=O)c2cc(N3CCCCC3)nc(C)n2)cc1. The fourth-order valence-corrected chi connectivity index (χ4v) is 3.05. The number of benzene rings is 1. The van der Waals surface area contributed by atoms with Gasteiger partial charge < -0.3 is 15.0 Å². The number of esters is 1. The smallest absolute Gasteiger partial charge is 0.338 e. The van der Waals surface area contributed by atoms with Crippen LogP contribution in [0, 0.1) is 6.92 Å². The molecule has 1 aromatic carbocycles. The van der Waals surface area contributed by atoms with Crippen LogP contribution < -0.4 is 10.2 Å². The van der Waals surface area contributed by atoms with Gasteiger partial charge in [0, 0.05) is 24.8 Å². The van der Waals surface area contributed by atoms with Gasteiger partial charge in [-0.1, -0.05) is 0 Å². The Morgan fingerprint density at radius 3 is 2.48 bits per heavy atom. The fraction of sp³-hybridized carbons (Fsp3) is 0.400. The second-order valence-corrected chi connectivity index (χ2v) is 6.46. The molecule has 2 aromatic rings. The van der Waals surface area contributed by atoms with Gasteiger partial charge in [-0.25, -0.2) is 14.8 Å². The zero-order chi connectivity index (χ0) is 19.2. The second-order valence-electron chi connectivity index (χ2n) is 6.46. The number of piperidine rings is 1. The third-order valence-electron chi connectivity index (χ3n) is 4.39. The van der Waals surface area contributed by atoms with E-state index in [2.05, 4.69) is 20.2 Å². The number of amides is 1. The van der Waals surface area contributed by atoms with E-state index in [0.29, 0.717) is 29.4 Å². The molecule has 0 bridgehead atoms. The van der Waals surface area contributed by atoms with Gasteiger partial charge in [-0.15, -0.1) is 0 Å². The molecule has 3 rings (SSSR count). The Hall–Kier alpha value is -2.96. The highest BCUT2D eigenvalue weighted by atomic mass is 16.5. The highest BCUT2D eigenvalue weighted by molar-refractivity contribution is 6.03. The van der Waals surface area contributed by atoms with Gasteiger partial charge in [-0.2, -0.15) is 0 Å². The summed E-state index contributed by atoms with van der Waals surface area (Å²) in [6.45, 7) is 5.77. The quantitative estimate of drug-likeness (QED) is 0.816. The summed E-state index contributed by atoms with van der Waals surface area (Å²) in [4.78, 5) is 35.3. The number of carbonyl (C=O) groups is 2. The predicted molar refractivity (Wildman–Crippen MR) is 103 cm³/mol. The molecule has 1 aliphatic heterocycles. The largest absolute Gasteiger partial charge is 0.462 e. The van der Waals surface area contributed by atoms with Crippen LogP contribution in [-0.2, 0) is 4.74 Å². The van der Waals surface area contributed by atoms with Crippen molar-refractivity contribution >= 4 is 23.4 Å². The molecule has 0 saturated carbocycles. The van der Waals surface area contributed by atoms with E-state index in [4.69, 9.17) is 4.74 Å². The number of nitrogens with zero attached hydrogens (tertiary/aromatic N) is 3. The average Bonchev–Trinajstić information content (AvgIpc) is 2.69. The number of aromatic nitrogens is 2. The molecule has 7 heteroatoms. The van der Waals surface area contributed by atoms with E-state index in [-0.39, 0.29) is 11.9 Å². The molecule has 0 spiro atoms. The van der Waals surface area contributed by atoms with Crippen LogP contribution in [-0.4, -0.2) is 41.5 Å². The van der Waals surface area contributed by atoms with E-state index in [1.165, 1.54) is 6.42 Å². The molecule has 2 heterocycles. The molecule has 0 atom stereocenters. The molecule has 1 amide bonds. The Bertz CT molecular complexity index is 814. The van der Waals surface area contributed by atoms with Crippen LogP contribution in [0.3, 0.4) is 0 Å². The third kappa shape index (κ3) is 4.81. The van der Waals surface area contributed by atoms with Crippen LogP contribution in [0.4, 0.5) is 11.5 Å². The van der Waals surface area contributed by atoms with Gasteiger partial charge in [0.05, 0.1) is 12.2 Å². The number of hydrogen-bond acceptors (Lipinski definition) is 6. The maximum Gasteiger partial charge on any atom is 0.338 e. The maximum absolute atomic E-state index is 12.6. The maximum atomic E-state index is 12.6. The van der Waals surface area contributed by atoms with Crippen molar-refractivity contribution in [3.63, 3.8) is 0 Å². The highest BCUT2D eigenvalue weighted by Gasteiger charge is 2.17. The summed E-state index contributed by atoms with van der Waals surface area (Å²) >= 11 is 0. The summed E-state index contributed by atoms with van der Waals surface area (Å²) in [5.41, 5.74) is 1.36. The van der Waals surface area contributed by atoms with E-state index >= 15 is 0 Å². The standard InChI is InChI=1S/C20H24N4O3/c1-3-27-20(26)15-7-9-16(10-8-15)23-19(25)17-13-18(22-14(2)21-17)24-11-5-4-6-12-24/h7-10,13H,3-6,11-12H2,1-2H3,(H,23,25). The molecule has 1 N–H and O–H groups in total. The molecule has 0 unspecified atom stereocenters. The van der Waals surface area contributed by atoms with E-state index in [1.54, 1.807) is 44.2 Å². The second kappa shape index (κ2) is 8.62. The summed E-state index contributed by atoms with van der Waals surface area (Å²) < 4.78 is 4.95. The molecule has 1 saturated heterocycles. The van der Waals surface area contributed by atoms with Gasteiger partial charge in [0.25, 0.3) is 5.91 Å².